The summed E-state index contributed by atoms with van der Waals surface area (Å²) in [5, 5.41) is 11.2. The Balaban J connectivity index is 3.06. The Kier molecular flexibility index (Phi) is 6.27. The van der Waals surface area contributed by atoms with Gasteiger partial charge in [-0.2, -0.15) is 13.2 Å². The predicted octanol–water partition coefficient (Wildman–Crippen LogP) is 2.40. The molecule has 3 atom stereocenters. The molecule has 1 aliphatic rings. The van der Waals surface area contributed by atoms with Crippen molar-refractivity contribution in [1.82, 2.24) is 5.32 Å². The Bertz CT molecular complexity index is 488. The molecule has 1 fully saturated rings. The van der Waals surface area contributed by atoms with Crippen molar-refractivity contribution in [3.8, 4) is 0 Å². The molecule has 1 saturated carbocycles. The van der Waals surface area contributed by atoms with Gasteiger partial charge in [0.2, 0.25) is 0 Å². The van der Waals surface area contributed by atoms with Gasteiger partial charge in [0.15, 0.2) is 8.32 Å². The van der Waals surface area contributed by atoms with Crippen molar-refractivity contribution in [2.45, 2.75) is 70.1 Å². The normalized spacial score (nSPS) is 26.4. The number of ketones is 1. The molecule has 0 heterocycles. The number of Topliss-reactive ketones (excluding diaryl/α,β-unsaturated/α-hetero) is 1. The first-order chi connectivity index (χ1) is 10.7. The molecule has 0 saturated heterocycles. The highest BCUT2D eigenvalue weighted by atomic mass is 28.4. The van der Waals surface area contributed by atoms with Crippen LogP contribution in [0.5, 0.6) is 0 Å². The summed E-state index contributed by atoms with van der Waals surface area (Å²) in [6, 6.07) is -1.05. The molecule has 5 nitrogen and oxygen atoms in total. The van der Waals surface area contributed by atoms with E-state index in [0.717, 1.165) is 0 Å². The van der Waals surface area contributed by atoms with E-state index in [1.165, 1.54) is 0 Å². The van der Waals surface area contributed by atoms with Crippen LogP contribution >= 0.6 is 0 Å². The van der Waals surface area contributed by atoms with Crippen molar-refractivity contribution < 1.29 is 32.3 Å². The van der Waals surface area contributed by atoms with Gasteiger partial charge in [-0.25, -0.2) is 0 Å². The van der Waals surface area contributed by atoms with Crippen molar-refractivity contribution in [2.75, 3.05) is 6.61 Å². The van der Waals surface area contributed by atoms with Crippen LogP contribution in [0.2, 0.25) is 18.1 Å². The summed E-state index contributed by atoms with van der Waals surface area (Å²) >= 11 is 0. The molecule has 2 N–H and O–H groups in total. The van der Waals surface area contributed by atoms with Gasteiger partial charge in [-0.1, -0.05) is 20.8 Å². The van der Waals surface area contributed by atoms with Crippen LogP contribution < -0.4 is 5.32 Å². The minimum atomic E-state index is -5.02. The quantitative estimate of drug-likeness (QED) is 0.746. The summed E-state index contributed by atoms with van der Waals surface area (Å²) < 4.78 is 43.9. The molecular formula is C15H26F3NO4Si. The zero-order valence-corrected chi connectivity index (χ0v) is 15.7. The third-order valence-corrected chi connectivity index (χ3v) is 9.37. The SMILES string of the molecule is CC(C)(C)[Si](C)(C)O[C@H]1CC(=O)C[C@H](CO)[C@@H]1NC(=O)C(F)(F)F. The molecule has 0 aliphatic heterocycles. The highest BCUT2D eigenvalue weighted by Crippen LogP contribution is 2.39. The van der Waals surface area contributed by atoms with Crippen molar-refractivity contribution in [1.29, 1.82) is 0 Å². The van der Waals surface area contributed by atoms with Crippen LogP contribution in [0.1, 0.15) is 33.6 Å². The number of halogens is 3. The summed E-state index contributed by atoms with van der Waals surface area (Å²) in [4.78, 5) is 23.2. The summed E-state index contributed by atoms with van der Waals surface area (Å²) in [5.41, 5.74) is 0. The van der Waals surface area contributed by atoms with E-state index in [1.54, 1.807) is 0 Å². The molecule has 24 heavy (non-hydrogen) atoms. The molecule has 140 valence electrons. The second kappa shape index (κ2) is 7.13. The third kappa shape index (κ3) is 5.03. The van der Waals surface area contributed by atoms with Gasteiger partial charge in [-0.05, 0) is 18.1 Å². The molecule has 0 aromatic carbocycles. The fraction of sp³-hybridized carbons (Fsp3) is 0.867. The summed E-state index contributed by atoms with van der Waals surface area (Å²) in [5.74, 6) is -3.05. The van der Waals surface area contributed by atoms with Crippen LogP contribution in [0.3, 0.4) is 0 Å². The first-order valence-corrected chi connectivity index (χ1v) is 10.8. The zero-order valence-electron chi connectivity index (χ0n) is 14.7. The van der Waals surface area contributed by atoms with E-state index in [0.29, 0.717) is 0 Å². The first-order valence-electron chi connectivity index (χ1n) is 7.87. The van der Waals surface area contributed by atoms with Gasteiger partial charge in [0, 0.05) is 25.4 Å². The van der Waals surface area contributed by atoms with Gasteiger partial charge in [0.05, 0.1) is 12.1 Å². The van der Waals surface area contributed by atoms with E-state index in [2.05, 4.69) is 0 Å². The molecule has 0 bridgehead atoms. The van der Waals surface area contributed by atoms with Gasteiger partial charge >= 0.3 is 12.1 Å². The number of nitrogens with one attached hydrogen (secondary N) is 1. The number of alkyl halides is 3. The lowest BCUT2D eigenvalue weighted by atomic mass is 9.82. The number of carbonyl (C=O) groups excluding carboxylic acids is 2. The minimum Gasteiger partial charge on any atom is -0.411 e. The monoisotopic (exact) mass is 369 g/mol. The van der Waals surface area contributed by atoms with Crippen molar-refractivity contribution in [2.24, 2.45) is 5.92 Å². The maximum Gasteiger partial charge on any atom is 0.471 e. The molecule has 1 aliphatic carbocycles. The van der Waals surface area contributed by atoms with Gasteiger partial charge < -0.3 is 14.8 Å². The second-order valence-electron chi connectivity index (χ2n) is 7.80. The van der Waals surface area contributed by atoms with Crippen molar-refractivity contribution >= 4 is 20.0 Å². The summed E-state index contributed by atoms with van der Waals surface area (Å²) in [6.07, 6.45) is -6.03. The summed E-state index contributed by atoms with van der Waals surface area (Å²) in [7, 11) is -2.37. The summed E-state index contributed by atoms with van der Waals surface area (Å²) in [6.45, 7) is 9.25. The minimum absolute atomic E-state index is 0.0637. The molecule has 1 rings (SSSR count). The molecule has 1 amide bonds. The van der Waals surface area contributed by atoms with Crippen LogP contribution in [0.4, 0.5) is 13.2 Å². The number of aliphatic hydroxyl groups excluding tert-OH is 1. The molecule has 0 radical (unpaired) electrons. The number of rotatable bonds is 4. The number of amides is 1. The Labute approximate surface area is 141 Å². The molecule has 0 unspecified atom stereocenters. The fourth-order valence-electron chi connectivity index (χ4n) is 2.45. The molecule has 0 spiro atoms. The second-order valence-corrected chi connectivity index (χ2v) is 12.6. The van der Waals surface area contributed by atoms with E-state index < -0.39 is 45.1 Å². The molecular weight excluding hydrogens is 343 g/mol. The van der Waals surface area contributed by atoms with Gasteiger partial charge in [-0.15, -0.1) is 0 Å². The lowest BCUT2D eigenvalue weighted by Crippen LogP contribution is -2.59. The maximum absolute atomic E-state index is 12.6. The van der Waals surface area contributed by atoms with Crippen LogP contribution in [0, 0.1) is 5.92 Å². The highest BCUT2D eigenvalue weighted by molar-refractivity contribution is 6.74. The largest absolute Gasteiger partial charge is 0.471 e. The predicted molar refractivity (Wildman–Crippen MR) is 84.9 cm³/mol. The molecule has 0 aromatic heterocycles. The zero-order chi connectivity index (χ0) is 18.9. The van der Waals surface area contributed by atoms with E-state index in [-0.39, 0.29) is 23.7 Å². The van der Waals surface area contributed by atoms with Crippen molar-refractivity contribution in [3.05, 3.63) is 0 Å². The van der Waals surface area contributed by atoms with Gasteiger partial charge in [0.1, 0.15) is 5.78 Å². The number of hydrogen-bond donors (Lipinski definition) is 2. The third-order valence-electron chi connectivity index (χ3n) is 4.87. The Hall–Kier alpha value is -0.933. The number of aliphatic hydroxyl groups is 1. The van der Waals surface area contributed by atoms with Gasteiger partial charge in [0.25, 0.3) is 0 Å². The Morgan fingerprint density at radius 1 is 1.29 bits per heavy atom. The Morgan fingerprint density at radius 3 is 2.25 bits per heavy atom. The topological polar surface area (TPSA) is 75.6 Å². The van der Waals surface area contributed by atoms with Gasteiger partial charge in [-0.3, -0.25) is 9.59 Å². The number of carbonyl (C=O) groups is 2. The fourth-order valence-corrected chi connectivity index (χ4v) is 3.79. The molecule has 9 heteroatoms. The Morgan fingerprint density at radius 2 is 1.83 bits per heavy atom. The van der Waals surface area contributed by atoms with E-state index in [9.17, 15) is 27.9 Å². The van der Waals surface area contributed by atoms with E-state index in [4.69, 9.17) is 4.43 Å². The van der Waals surface area contributed by atoms with E-state index in [1.807, 2.05) is 39.2 Å². The van der Waals surface area contributed by atoms with Crippen molar-refractivity contribution in [3.63, 3.8) is 0 Å². The smallest absolute Gasteiger partial charge is 0.411 e. The number of hydrogen-bond acceptors (Lipinski definition) is 4. The maximum atomic E-state index is 12.6. The first kappa shape index (κ1) is 21.1. The van der Waals surface area contributed by atoms with Crippen LogP contribution in [0.15, 0.2) is 0 Å². The average Bonchev–Trinajstić information content (AvgIpc) is 2.38. The van der Waals surface area contributed by atoms with Crippen LogP contribution in [0.25, 0.3) is 0 Å². The standard InChI is InChI=1S/C15H26F3NO4Si/c1-14(2,3)24(4,5)23-11-7-10(21)6-9(8-20)12(11)19-13(22)15(16,17)18/h9,11-12,20H,6-8H2,1-5H3,(H,19,22)/t9-,11+,12+/m1/s1. The van der Waals surface area contributed by atoms with E-state index >= 15 is 0 Å². The average molecular weight is 369 g/mol. The lowest BCUT2D eigenvalue weighted by molar-refractivity contribution is -0.176. The van der Waals surface area contributed by atoms with Crippen LogP contribution in [-0.2, 0) is 14.0 Å². The highest BCUT2D eigenvalue weighted by Gasteiger charge is 2.48. The molecule has 0 aromatic rings. The lowest BCUT2D eigenvalue weighted by Gasteiger charge is -2.44. The van der Waals surface area contributed by atoms with Crippen LogP contribution in [-0.4, -0.2) is 50.0 Å².